The number of benzene rings is 1. The molecule has 4 heteroatoms. The molecule has 13 heavy (non-hydrogen) atoms. The van der Waals surface area contributed by atoms with Crippen LogP contribution in [-0.4, -0.2) is 5.91 Å². The number of carbonyl (C=O) groups is 1. The first kappa shape index (κ1) is 9.23. The number of primary amides is 1. The summed E-state index contributed by atoms with van der Waals surface area (Å²) in [5.74, 6) is -0.579. The van der Waals surface area contributed by atoms with E-state index in [1.54, 1.807) is 24.3 Å². The highest BCUT2D eigenvalue weighted by atomic mass is 16.1. The van der Waals surface area contributed by atoms with Crippen molar-refractivity contribution in [3.8, 4) is 6.07 Å². The van der Waals surface area contributed by atoms with Gasteiger partial charge >= 0.3 is 0 Å². The summed E-state index contributed by atoms with van der Waals surface area (Å²) in [5, 5.41) is 8.50. The minimum Gasteiger partial charge on any atom is -0.368 e. The van der Waals surface area contributed by atoms with Crippen LogP contribution in [0.5, 0.6) is 0 Å². The Balaban J connectivity index is 2.93. The predicted molar refractivity (Wildman–Crippen MR) is 47.3 cm³/mol. The molecule has 1 rings (SSSR count). The predicted octanol–water partition coefficient (Wildman–Crippen LogP) is 0.0434. The quantitative estimate of drug-likeness (QED) is 0.664. The van der Waals surface area contributed by atoms with E-state index in [-0.39, 0.29) is 0 Å². The third-order valence-corrected chi connectivity index (χ3v) is 1.71. The molecule has 0 aromatic heterocycles. The average molecular weight is 175 g/mol. The first-order chi connectivity index (χ1) is 6.15. The SMILES string of the molecule is N#Cc1ccc(C(N)C(N)=O)cc1. The zero-order valence-electron chi connectivity index (χ0n) is 6.90. The molecule has 0 aliphatic rings. The van der Waals surface area contributed by atoms with E-state index in [9.17, 15) is 4.79 Å². The minimum absolute atomic E-state index is 0.528. The van der Waals surface area contributed by atoms with Crippen molar-refractivity contribution in [3.05, 3.63) is 35.4 Å². The van der Waals surface area contributed by atoms with Crippen molar-refractivity contribution in [2.45, 2.75) is 6.04 Å². The van der Waals surface area contributed by atoms with E-state index >= 15 is 0 Å². The van der Waals surface area contributed by atoms with Crippen LogP contribution in [0.25, 0.3) is 0 Å². The molecule has 0 spiro atoms. The fourth-order valence-corrected chi connectivity index (χ4v) is 0.929. The molecule has 66 valence electrons. The van der Waals surface area contributed by atoms with E-state index in [0.717, 1.165) is 0 Å². The summed E-state index contributed by atoms with van der Waals surface area (Å²) < 4.78 is 0. The van der Waals surface area contributed by atoms with Gasteiger partial charge in [0.25, 0.3) is 0 Å². The molecule has 0 heterocycles. The lowest BCUT2D eigenvalue weighted by Gasteiger charge is -2.06. The molecular weight excluding hydrogens is 166 g/mol. The number of nitriles is 1. The summed E-state index contributed by atoms with van der Waals surface area (Å²) in [6.07, 6.45) is 0. The third-order valence-electron chi connectivity index (χ3n) is 1.71. The van der Waals surface area contributed by atoms with Crippen LogP contribution in [-0.2, 0) is 4.79 Å². The molecule has 0 aliphatic heterocycles. The van der Waals surface area contributed by atoms with Gasteiger partial charge < -0.3 is 11.5 Å². The van der Waals surface area contributed by atoms with Crippen LogP contribution in [0.1, 0.15) is 17.2 Å². The smallest absolute Gasteiger partial charge is 0.238 e. The molecule has 1 aromatic rings. The first-order valence-corrected chi connectivity index (χ1v) is 3.70. The first-order valence-electron chi connectivity index (χ1n) is 3.70. The van der Waals surface area contributed by atoms with E-state index in [1.807, 2.05) is 6.07 Å². The van der Waals surface area contributed by atoms with Crippen LogP contribution in [0.2, 0.25) is 0 Å². The normalized spacial score (nSPS) is 11.7. The van der Waals surface area contributed by atoms with Crippen molar-refractivity contribution in [3.63, 3.8) is 0 Å². The van der Waals surface area contributed by atoms with Crippen molar-refractivity contribution in [1.29, 1.82) is 5.26 Å². The maximum absolute atomic E-state index is 10.7. The van der Waals surface area contributed by atoms with E-state index in [4.69, 9.17) is 16.7 Å². The standard InChI is InChI=1S/C9H9N3O/c10-5-6-1-3-7(4-2-6)8(11)9(12)13/h1-4,8H,11H2,(H2,12,13). The number of nitrogens with two attached hydrogens (primary N) is 2. The molecule has 0 aliphatic carbocycles. The molecule has 0 fully saturated rings. The van der Waals surface area contributed by atoms with Gasteiger partial charge in [0.05, 0.1) is 11.6 Å². The lowest BCUT2D eigenvalue weighted by Crippen LogP contribution is -2.28. The Morgan fingerprint density at radius 1 is 1.38 bits per heavy atom. The fourth-order valence-electron chi connectivity index (χ4n) is 0.929. The van der Waals surface area contributed by atoms with Crippen LogP contribution in [0.3, 0.4) is 0 Å². The van der Waals surface area contributed by atoms with Crippen molar-refractivity contribution < 1.29 is 4.79 Å². The second-order valence-electron chi connectivity index (χ2n) is 2.61. The molecular formula is C9H9N3O. The van der Waals surface area contributed by atoms with E-state index < -0.39 is 11.9 Å². The van der Waals surface area contributed by atoms with Gasteiger partial charge in [-0.25, -0.2) is 0 Å². The van der Waals surface area contributed by atoms with Gasteiger partial charge in [-0.05, 0) is 17.7 Å². The van der Waals surface area contributed by atoms with Crippen molar-refractivity contribution in [1.82, 2.24) is 0 Å². The molecule has 1 aromatic carbocycles. The van der Waals surface area contributed by atoms with Gasteiger partial charge in [0.1, 0.15) is 6.04 Å². The Hall–Kier alpha value is -1.86. The lowest BCUT2D eigenvalue weighted by atomic mass is 10.1. The van der Waals surface area contributed by atoms with Crippen LogP contribution in [0, 0.1) is 11.3 Å². The van der Waals surface area contributed by atoms with Crippen LogP contribution >= 0.6 is 0 Å². The maximum Gasteiger partial charge on any atom is 0.238 e. The minimum atomic E-state index is -0.798. The summed E-state index contributed by atoms with van der Waals surface area (Å²) in [7, 11) is 0. The number of carbonyl (C=O) groups excluding carboxylic acids is 1. The topological polar surface area (TPSA) is 92.9 Å². The second kappa shape index (κ2) is 3.70. The molecule has 0 saturated heterocycles. The molecule has 0 radical (unpaired) electrons. The van der Waals surface area contributed by atoms with Crippen LogP contribution in [0.15, 0.2) is 24.3 Å². The summed E-state index contributed by atoms with van der Waals surface area (Å²) in [4.78, 5) is 10.7. The molecule has 1 unspecified atom stereocenters. The van der Waals surface area contributed by atoms with Gasteiger partial charge in [-0.1, -0.05) is 12.1 Å². The Morgan fingerprint density at radius 3 is 2.31 bits per heavy atom. The van der Waals surface area contributed by atoms with Gasteiger partial charge in [-0.15, -0.1) is 0 Å². The van der Waals surface area contributed by atoms with E-state index in [0.29, 0.717) is 11.1 Å². The van der Waals surface area contributed by atoms with Gasteiger partial charge in [0, 0.05) is 0 Å². The van der Waals surface area contributed by atoms with Gasteiger partial charge in [0.15, 0.2) is 0 Å². The number of rotatable bonds is 2. The van der Waals surface area contributed by atoms with Crippen molar-refractivity contribution in [2.75, 3.05) is 0 Å². The molecule has 1 amide bonds. The zero-order valence-corrected chi connectivity index (χ0v) is 6.90. The van der Waals surface area contributed by atoms with Gasteiger partial charge in [-0.3, -0.25) is 4.79 Å². The highest BCUT2D eigenvalue weighted by Gasteiger charge is 2.10. The summed E-state index contributed by atoms with van der Waals surface area (Å²) >= 11 is 0. The number of amides is 1. The van der Waals surface area contributed by atoms with Gasteiger partial charge in [-0.2, -0.15) is 5.26 Å². The fraction of sp³-hybridized carbons (Fsp3) is 0.111. The van der Waals surface area contributed by atoms with Crippen molar-refractivity contribution in [2.24, 2.45) is 11.5 Å². The van der Waals surface area contributed by atoms with E-state index in [1.165, 1.54) is 0 Å². The molecule has 0 bridgehead atoms. The largest absolute Gasteiger partial charge is 0.368 e. The molecule has 4 nitrogen and oxygen atoms in total. The average Bonchev–Trinajstić information content (AvgIpc) is 2.17. The number of hydrogen-bond donors (Lipinski definition) is 2. The lowest BCUT2D eigenvalue weighted by molar-refractivity contribution is -0.119. The number of nitrogens with zero attached hydrogens (tertiary/aromatic N) is 1. The van der Waals surface area contributed by atoms with Crippen LogP contribution in [0.4, 0.5) is 0 Å². The second-order valence-corrected chi connectivity index (χ2v) is 2.61. The number of hydrogen-bond acceptors (Lipinski definition) is 3. The highest BCUT2D eigenvalue weighted by Crippen LogP contribution is 2.10. The van der Waals surface area contributed by atoms with E-state index in [2.05, 4.69) is 0 Å². The Labute approximate surface area is 75.8 Å². The monoisotopic (exact) mass is 175 g/mol. The summed E-state index contributed by atoms with van der Waals surface area (Å²) in [6, 6.07) is 7.60. The Bertz CT molecular complexity index is 350. The molecule has 0 saturated carbocycles. The highest BCUT2D eigenvalue weighted by molar-refractivity contribution is 5.81. The van der Waals surface area contributed by atoms with Crippen molar-refractivity contribution >= 4 is 5.91 Å². The van der Waals surface area contributed by atoms with Gasteiger partial charge in [0.2, 0.25) is 5.91 Å². The molecule has 1 atom stereocenters. The third kappa shape index (κ3) is 2.04. The maximum atomic E-state index is 10.7. The summed E-state index contributed by atoms with van der Waals surface area (Å²) in [5.41, 5.74) is 11.6. The summed E-state index contributed by atoms with van der Waals surface area (Å²) in [6.45, 7) is 0. The molecule has 4 N–H and O–H groups in total. The Kier molecular flexibility index (Phi) is 2.62. The zero-order chi connectivity index (χ0) is 9.84. The Morgan fingerprint density at radius 2 is 1.92 bits per heavy atom. The van der Waals surface area contributed by atoms with Crippen LogP contribution < -0.4 is 11.5 Å².